The number of fused-ring (bicyclic) bond motifs is 1. The van der Waals surface area contributed by atoms with Gasteiger partial charge in [-0.05, 0) is 47.4 Å². The molecule has 2 aromatic carbocycles. The molecule has 6 nitrogen and oxygen atoms in total. The predicted octanol–water partition coefficient (Wildman–Crippen LogP) is 5.83. The normalized spacial score (nSPS) is 11.9. The number of furan rings is 1. The average Bonchev–Trinajstić information content (AvgIpc) is 3.49. The SMILES string of the molecule is CC(C)(C)c1ccc(OCCn2cc(C=C(C#N)C(=O)NCc3ccco3)c3ccccc32)cc1. The van der Waals surface area contributed by atoms with Gasteiger partial charge in [-0.25, -0.2) is 0 Å². The minimum Gasteiger partial charge on any atom is -0.492 e. The fourth-order valence-corrected chi connectivity index (χ4v) is 3.87. The summed E-state index contributed by atoms with van der Waals surface area (Å²) in [4.78, 5) is 12.6. The van der Waals surface area contributed by atoms with Crippen molar-refractivity contribution in [2.24, 2.45) is 0 Å². The molecule has 0 unspecified atom stereocenters. The Kier molecular flexibility index (Phi) is 7.07. The highest BCUT2D eigenvalue weighted by atomic mass is 16.5. The number of nitrogens with zero attached hydrogens (tertiary/aromatic N) is 2. The molecule has 4 rings (SSSR count). The lowest BCUT2D eigenvalue weighted by atomic mass is 9.87. The summed E-state index contributed by atoms with van der Waals surface area (Å²) in [5, 5.41) is 13.3. The topological polar surface area (TPSA) is 80.2 Å². The second-order valence-electron chi connectivity index (χ2n) is 9.35. The van der Waals surface area contributed by atoms with Crippen LogP contribution in [-0.2, 0) is 23.3 Å². The van der Waals surface area contributed by atoms with Crippen LogP contribution >= 0.6 is 0 Å². The maximum atomic E-state index is 12.6. The molecule has 4 aromatic rings. The molecular formula is C29H29N3O3. The summed E-state index contributed by atoms with van der Waals surface area (Å²) in [6.07, 6.45) is 5.12. The molecule has 1 N–H and O–H groups in total. The number of para-hydroxylation sites is 1. The molecular weight excluding hydrogens is 438 g/mol. The number of nitriles is 1. The van der Waals surface area contributed by atoms with E-state index in [0.29, 0.717) is 18.9 Å². The summed E-state index contributed by atoms with van der Waals surface area (Å²) in [6, 6.07) is 21.7. The van der Waals surface area contributed by atoms with E-state index in [1.807, 2.05) is 48.7 Å². The molecule has 0 aliphatic rings. The molecule has 0 atom stereocenters. The number of ether oxygens (including phenoxy) is 1. The third-order valence-corrected chi connectivity index (χ3v) is 5.81. The number of benzene rings is 2. The number of carbonyl (C=O) groups is 1. The largest absolute Gasteiger partial charge is 0.492 e. The summed E-state index contributed by atoms with van der Waals surface area (Å²) < 4.78 is 13.3. The minimum atomic E-state index is -0.442. The van der Waals surface area contributed by atoms with Gasteiger partial charge in [-0.15, -0.1) is 0 Å². The van der Waals surface area contributed by atoms with Crippen molar-refractivity contribution in [3.05, 3.63) is 95.6 Å². The van der Waals surface area contributed by atoms with E-state index in [1.54, 1.807) is 24.5 Å². The number of nitrogens with one attached hydrogen (secondary N) is 1. The van der Waals surface area contributed by atoms with Gasteiger partial charge in [0, 0.05) is 22.7 Å². The van der Waals surface area contributed by atoms with Gasteiger partial charge < -0.3 is 19.0 Å². The maximum Gasteiger partial charge on any atom is 0.262 e. The first-order valence-electron chi connectivity index (χ1n) is 11.6. The minimum absolute atomic E-state index is 0.0367. The van der Waals surface area contributed by atoms with Gasteiger partial charge in [0.2, 0.25) is 0 Å². The summed E-state index contributed by atoms with van der Waals surface area (Å²) in [5.41, 5.74) is 3.22. The molecule has 35 heavy (non-hydrogen) atoms. The van der Waals surface area contributed by atoms with Crippen molar-refractivity contribution in [1.29, 1.82) is 5.26 Å². The van der Waals surface area contributed by atoms with Gasteiger partial charge in [-0.2, -0.15) is 5.26 Å². The molecule has 0 aliphatic carbocycles. The summed E-state index contributed by atoms with van der Waals surface area (Å²) in [7, 11) is 0. The van der Waals surface area contributed by atoms with Crippen LogP contribution in [0.4, 0.5) is 0 Å². The van der Waals surface area contributed by atoms with Gasteiger partial charge in [0.05, 0.1) is 19.4 Å². The highest BCUT2D eigenvalue weighted by Crippen LogP contribution is 2.25. The summed E-state index contributed by atoms with van der Waals surface area (Å²) in [6.45, 7) is 7.90. The van der Waals surface area contributed by atoms with E-state index in [9.17, 15) is 10.1 Å². The number of amides is 1. The number of aromatic nitrogens is 1. The van der Waals surface area contributed by atoms with Crippen LogP contribution in [0.15, 0.2) is 83.1 Å². The molecule has 0 saturated heterocycles. The van der Waals surface area contributed by atoms with Crippen LogP contribution in [0.5, 0.6) is 5.75 Å². The van der Waals surface area contributed by atoms with E-state index in [1.165, 1.54) is 5.56 Å². The van der Waals surface area contributed by atoms with Gasteiger partial charge in [0.1, 0.15) is 29.8 Å². The van der Waals surface area contributed by atoms with Gasteiger partial charge in [0.25, 0.3) is 5.91 Å². The summed E-state index contributed by atoms with van der Waals surface area (Å²) in [5.74, 6) is 1.01. The molecule has 178 valence electrons. The average molecular weight is 468 g/mol. The van der Waals surface area contributed by atoms with Crippen LogP contribution in [0.3, 0.4) is 0 Å². The molecule has 1 amide bonds. The lowest BCUT2D eigenvalue weighted by Crippen LogP contribution is -2.23. The monoisotopic (exact) mass is 467 g/mol. The zero-order valence-corrected chi connectivity index (χ0v) is 20.2. The predicted molar refractivity (Wildman–Crippen MR) is 137 cm³/mol. The number of rotatable bonds is 8. The Bertz CT molecular complexity index is 1370. The first-order chi connectivity index (χ1) is 16.8. The number of hydrogen-bond donors (Lipinski definition) is 1. The first kappa shape index (κ1) is 23.9. The van der Waals surface area contributed by atoms with Crippen LogP contribution < -0.4 is 10.1 Å². The van der Waals surface area contributed by atoms with Gasteiger partial charge in [-0.1, -0.05) is 51.1 Å². The Labute approximate surface area is 205 Å². The third kappa shape index (κ3) is 5.82. The van der Waals surface area contributed by atoms with Crippen molar-refractivity contribution < 1.29 is 13.9 Å². The fourth-order valence-electron chi connectivity index (χ4n) is 3.87. The van der Waals surface area contributed by atoms with Crippen LogP contribution in [0.1, 0.15) is 37.7 Å². The third-order valence-electron chi connectivity index (χ3n) is 5.81. The van der Waals surface area contributed by atoms with Crippen LogP contribution in [0, 0.1) is 11.3 Å². The lowest BCUT2D eigenvalue weighted by molar-refractivity contribution is -0.117. The van der Waals surface area contributed by atoms with Crippen LogP contribution in [0.25, 0.3) is 17.0 Å². The molecule has 2 heterocycles. The van der Waals surface area contributed by atoms with Gasteiger partial charge in [-0.3, -0.25) is 4.79 Å². The number of carbonyl (C=O) groups excluding carboxylic acids is 1. The molecule has 0 spiro atoms. The first-order valence-corrected chi connectivity index (χ1v) is 11.6. The molecule has 0 radical (unpaired) electrons. The van der Waals surface area contributed by atoms with E-state index in [4.69, 9.17) is 9.15 Å². The standard InChI is InChI=1S/C29H29N3O3/c1-29(2,3)23-10-12-24(13-11-23)35-16-14-32-20-22(26-8-4-5-9-27(26)32)17-21(18-30)28(33)31-19-25-7-6-15-34-25/h4-13,15,17,20H,14,16,19H2,1-3H3,(H,31,33). The van der Waals surface area contributed by atoms with Gasteiger partial charge in [0.15, 0.2) is 0 Å². The Morgan fingerprint density at radius 2 is 1.89 bits per heavy atom. The zero-order valence-electron chi connectivity index (χ0n) is 20.2. The second-order valence-corrected chi connectivity index (χ2v) is 9.35. The smallest absolute Gasteiger partial charge is 0.262 e. The molecule has 0 aliphatic heterocycles. The number of hydrogen-bond acceptors (Lipinski definition) is 4. The Morgan fingerprint density at radius 1 is 1.11 bits per heavy atom. The van der Waals surface area contributed by atoms with E-state index in [-0.39, 0.29) is 17.5 Å². The quantitative estimate of drug-likeness (QED) is 0.261. The fraction of sp³-hybridized carbons (Fsp3) is 0.241. The Morgan fingerprint density at radius 3 is 2.57 bits per heavy atom. The van der Waals surface area contributed by atoms with Crippen molar-refractivity contribution in [1.82, 2.24) is 9.88 Å². The molecule has 2 aromatic heterocycles. The zero-order chi connectivity index (χ0) is 24.8. The van der Waals surface area contributed by atoms with E-state index in [0.717, 1.165) is 22.2 Å². The maximum absolute atomic E-state index is 12.6. The lowest BCUT2D eigenvalue weighted by Gasteiger charge is -2.19. The molecule has 6 heteroatoms. The van der Waals surface area contributed by atoms with Crippen molar-refractivity contribution in [2.75, 3.05) is 6.61 Å². The van der Waals surface area contributed by atoms with Crippen molar-refractivity contribution in [3.63, 3.8) is 0 Å². The summed E-state index contributed by atoms with van der Waals surface area (Å²) >= 11 is 0. The molecule has 0 fully saturated rings. The molecule has 0 bridgehead atoms. The van der Waals surface area contributed by atoms with Crippen molar-refractivity contribution >= 4 is 22.9 Å². The molecule has 0 saturated carbocycles. The Balaban J connectivity index is 1.47. The Hall–Kier alpha value is -4.24. The van der Waals surface area contributed by atoms with E-state index < -0.39 is 5.91 Å². The van der Waals surface area contributed by atoms with Crippen molar-refractivity contribution in [3.8, 4) is 11.8 Å². The van der Waals surface area contributed by atoms with E-state index >= 15 is 0 Å². The van der Waals surface area contributed by atoms with Crippen molar-refractivity contribution in [2.45, 2.75) is 39.3 Å². The second kappa shape index (κ2) is 10.4. The highest BCUT2D eigenvalue weighted by molar-refractivity contribution is 6.04. The van der Waals surface area contributed by atoms with E-state index in [2.05, 4.69) is 42.8 Å². The highest BCUT2D eigenvalue weighted by Gasteiger charge is 2.14. The van der Waals surface area contributed by atoms with Crippen LogP contribution in [0.2, 0.25) is 0 Å². The van der Waals surface area contributed by atoms with Crippen LogP contribution in [-0.4, -0.2) is 17.1 Å². The van der Waals surface area contributed by atoms with Gasteiger partial charge >= 0.3 is 0 Å².